The summed E-state index contributed by atoms with van der Waals surface area (Å²) in [5.74, 6) is -3.78. The highest BCUT2D eigenvalue weighted by atomic mass is 32.2. The Bertz CT molecular complexity index is 1570. The van der Waals surface area contributed by atoms with E-state index < -0.39 is 80.4 Å². The first-order valence-electron chi connectivity index (χ1n) is 14.9. The second-order valence-electron chi connectivity index (χ2n) is 12.0. The largest absolute Gasteiger partial charge is 0.394 e. The van der Waals surface area contributed by atoms with Crippen LogP contribution in [-0.4, -0.2) is 102 Å². The van der Waals surface area contributed by atoms with E-state index in [0.717, 1.165) is 27.2 Å². The van der Waals surface area contributed by atoms with Crippen molar-refractivity contribution in [2.24, 2.45) is 0 Å². The maximum atomic E-state index is 14.1. The van der Waals surface area contributed by atoms with E-state index in [2.05, 4.69) is 15.3 Å². The molecule has 1 aromatic carbocycles. The zero-order chi connectivity index (χ0) is 33.6. The summed E-state index contributed by atoms with van der Waals surface area (Å²) in [6.45, 7) is 5.25. The molecule has 3 fully saturated rings. The van der Waals surface area contributed by atoms with Gasteiger partial charge < -0.3 is 24.6 Å². The normalized spacial score (nSPS) is 26.7. The first kappa shape index (κ1) is 34.6. The lowest BCUT2D eigenvalue weighted by Crippen LogP contribution is -2.43. The second kappa shape index (κ2) is 13.4. The van der Waals surface area contributed by atoms with Crippen LogP contribution < -0.4 is 9.62 Å². The van der Waals surface area contributed by atoms with Crippen molar-refractivity contribution in [1.29, 1.82) is 0 Å². The molecule has 18 heteroatoms. The lowest BCUT2D eigenvalue weighted by atomic mass is 10.1. The molecule has 0 spiro atoms. The number of halogens is 2. The average Bonchev–Trinajstić information content (AvgIpc) is 3.60. The van der Waals surface area contributed by atoms with Gasteiger partial charge in [0.25, 0.3) is 0 Å². The summed E-state index contributed by atoms with van der Waals surface area (Å²) >= 11 is 1.21. The molecule has 46 heavy (non-hydrogen) atoms. The monoisotopic (exact) mass is 688 g/mol. The van der Waals surface area contributed by atoms with Gasteiger partial charge in [0.05, 0.1) is 36.3 Å². The van der Waals surface area contributed by atoms with E-state index >= 15 is 0 Å². The van der Waals surface area contributed by atoms with Crippen LogP contribution >= 0.6 is 11.8 Å². The lowest BCUT2D eigenvalue weighted by Gasteiger charge is -2.28. The van der Waals surface area contributed by atoms with Crippen molar-refractivity contribution in [3.63, 3.8) is 0 Å². The summed E-state index contributed by atoms with van der Waals surface area (Å²) in [6, 6.07) is 1.85. The molecule has 1 aliphatic heterocycles. The number of anilines is 2. The molecule has 5 rings (SSSR count). The Labute approximate surface area is 270 Å². The van der Waals surface area contributed by atoms with Crippen LogP contribution in [0.1, 0.15) is 51.5 Å². The SMILES string of the molecule is CCCSc1nc(N[C@@H]2C[C@H](OCCO)[C@H]3OC(C)(C)O[C@H]32)c([N+](=O)[O-])c(N([C@@H]2C[C@H]2c2ccc(F)c(F)c2)S(=O)(=O)N(C)C)n1. The van der Waals surface area contributed by atoms with Gasteiger partial charge in [-0.25, -0.2) is 13.1 Å². The number of hydrogen-bond acceptors (Lipinski definition) is 12. The number of aromatic nitrogens is 2. The number of nitro groups is 1. The third kappa shape index (κ3) is 6.93. The Balaban J connectivity index is 1.60. The summed E-state index contributed by atoms with van der Waals surface area (Å²) < 4.78 is 75.4. The molecule has 14 nitrogen and oxygen atoms in total. The van der Waals surface area contributed by atoms with E-state index in [0.29, 0.717) is 17.7 Å². The minimum atomic E-state index is -4.40. The van der Waals surface area contributed by atoms with E-state index in [-0.39, 0.29) is 30.6 Å². The molecular formula is C28H38F2N6O8S2. The Hall–Kier alpha value is -2.74. The van der Waals surface area contributed by atoms with Crippen molar-refractivity contribution in [2.45, 2.75) is 87.3 Å². The van der Waals surface area contributed by atoms with Crippen LogP contribution in [0, 0.1) is 21.7 Å². The predicted molar refractivity (Wildman–Crippen MR) is 165 cm³/mol. The van der Waals surface area contributed by atoms with Gasteiger partial charge in [-0.3, -0.25) is 10.1 Å². The van der Waals surface area contributed by atoms with Gasteiger partial charge in [0.2, 0.25) is 11.6 Å². The van der Waals surface area contributed by atoms with Gasteiger partial charge >= 0.3 is 15.9 Å². The van der Waals surface area contributed by atoms with Gasteiger partial charge in [-0.05, 0) is 50.8 Å². The topological polar surface area (TPSA) is 169 Å². The molecule has 2 aliphatic carbocycles. The van der Waals surface area contributed by atoms with Crippen molar-refractivity contribution in [3.05, 3.63) is 45.5 Å². The quantitative estimate of drug-likeness (QED) is 0.129. The first-order chi connectivity index (χ1) is 21.7. The van der Waals surface area contributed by atoms with Crippen LogP contribution in [0.4, 0.5) is 26.1 Å². The number of nitrogens with one attached hydrogen (secondary N) is 1. The number of nitrogens with zero attached hydrogens (tertiary/aromatic N) is 5. The van der Waals surface area contributed by atoms with E-state index in [1.165, 1.54) is 31.9 Å². The predicted octanol–water partition coefficient (Wildman–Crippen LogP) is 3.42. The van der Waals surface area contributed by atoms with Gasteiger partial charge in [0.15, 0.2) is 22.6 Å². The smallest absolute Gasteiger partial charge is 0.354 e. The minimum absolute atomic E-state index is 0.0534. The Morgan fingerprint density at radius 2 is 1.91 bits per heavy atom. The summed E-state index contributed by atoms with van der Waals surface area (Å²) in [5.41, 5.74) is -0.318. The summed E-state index contributed by atoms with van der Waals surface area (Å²) in [4.78, 5) is 21.0. The molecule has 254 valence electrons. The molecule has 0 radical (unpaired) electrons. The van der Waals surface area contributed by atoms with Crippen LogP contribution in [0.5, 0.6) is 0 Å². The molecule has 1 aromatic heterocycles. The van der Waals surface area contributed by atoms with Crippen molar-refractivity contribution in [3.8, 4) is 0 Å². The third-order valence-electron chi connectivity index (χ3n) is 7.97. The van der Waals surface area contributed by atoms with E-state index in [9.17, 15) is 32.4 Å². The summed E-state index contributed by atoms with van der Waals surface area (Å²) in [5, 5.41) is 25.4. The van der Waals surface area contributed by atoms with Crippen LogP contribution in [0.3, 0.4) is 0 Å². The van der Waals surface area contributed by atoms with Gasteiger partial charge in [0, 0.05) is 25.8 Å². The van der Waals surface area contributed by atoms with Crippen molar-refractivity contribution in [1.82, 2.24) is 14.3 Å². The third-order valence-corrected chi connectivity index (χ3v) is 10.9. The maximum absolute atomic E-state index is 14.1. The number of rotatable bonds is 14. The molecule has 0 unspecified atom stereocenters. The van der Waals surface area contributed by atoms with Gasteiger partial charge in [-0.15, -0.1) is 0 Å². The van der Waals surface area contributed by atoms with Crippen molar-refractivity contribution >= 4 is 39.3 Å². The fourth-order valence-electron chi connectivity index (χ4n) is 5.88. The van der Waals surface area contributed by atoms with Crippen LogP contribution in [-0.2, 0) is 24.4 Å². The fraction of sp³-hybridized carbons (Fsp3) is 0.643. The number of fused-ring (bicyclic) bond motifs is 1. The molecule has 6 atom stereocenters. The fourth-order valence-corrected chi connectivity index (χ4v) is 7.84. The Morgan fingerprint density at radius 3 is 2.54 bits per heavy atom. The number of aliphatic hydroxyl groups is 1. The zero-order valence-corrected chi connectivity index (χ0v) is 27.7. The number of hydrogen-bond donors (Lipinski definition) is 2. The Kier molecular flexibility index (Phi) is 10.1. The van der Waals surface area contributed by atoms with Gasteiger partial charge in [0.1, 0.15) is 12.2 Å². The summed E-state index contributed by atoms with van der Waals surface area (Å²) in [6.07, 6.45) is -0.441. The highest BCUT2D eigenvalue weighted by Gasteiger charge is 2.56. The molecule has 0 bridgehead atoms. The molecular weight excluding hydrogens is 650 g/mol. The van der Waals surface area contributed by atoms with Crippen LogP contribution in [0.2, 0.25) is 0 Å². The van der Waals surface area contributed by atoms with Crippen molar-refractivity contribution < 1.29 is 41.4 Å². The first-order valence-corrected chi connectivity index (χ1v) is 17.3. The van der Waals surface area contributed by atoms with Gasteiger partial charge in [-0.1, -0.05) is 24.8 Å². The number of benzene rings is 1. The standard InChI is InChI=1S/C28H38F2N6O8S2/c1-6-11-45-27-32-25(31-19-14-21(42-10-9-37)24-23(19)43-28(2,3)44-24)22(36(38)39)26(33-27)35(46(40,41)34(4)5)20-13-16(20)15-7-8-17(29)18(30)12-15/h7-8,12,16,19-21,23-24,37H,6,9-11,13-14H2,1-5H3,(H,31,32,33)/t16-,19+,20+,21-,23-,24+/m0/s1. The average molecular weight is 689 g/mol. The number of aliphatic hydroxyl groups excluding tert-OH is 1. The Morgan fingerprint density at radius 1 is 1.20 bits per heavy atom. The van der Waals surface area contributed by atoms with Crippen LogP contribution in [0.25, 0.3) is 0 Å². The summed E-state index contributed by atoms with van der Waals surface area (Å²) in [7, 11) is -1.81. The maximum Gasteiger partial charge on any atom is 0.354 e. The van der Waals surface area contributed by atoms with Crippen LogP contribution in [0.15, 0.2) is 23.4 Å². The highest BCUT2D eigenvalue weighted by Crippen LogP contribution is 2.51. The van der Waals surface area contributed by atoms with Gasteiger partial charge in [-0.2, -0.15) is 22.7 Å². The van der Waals surface area contributed by atoms with Crippen molar-refractivity contribution in [2.75, 3.05) is 42.7 Å². The molecule has 2 aromatic rings. The zero-order valence-electron chi connectivity index (χ0n) is 26.1. The highest BCUT2D eigenvalue weighted by molar-refractivity contribution is 7.99. The number of thioether (sulfide) groups is 1. The van der Waals surface area contributed by atoms with E-state index in [1.807, 2.05) is 6.92 Å². The number of ether oxygens (including phenoxy) is 3. The molecule has 3 aliphatic rings. The lowest BCUT2D eigenvalue weighted by molar-refractivity contribution is -0.383. The second-order valence-corrected chi connectivity index (χ2v) is 15.1. The van der Waals surface area contributed by atoms with E-state index in [4.69, 9.17) is 14.2 Å². The van der Waals surface area contributed by atoms with E-state index in [1.54, 1.807) is 13.8 Å². The molecule has 1 saturated heterocycles. The molecule has 2 heterocycles. The molecule has 2 N–H and O–H groups in total. The minimum Gasteiger partial charge on any atom is -0.394 e. The molecule has 2 saturated carbocycles. The molecule has 0 amide bonds.